The summed E-state index contributed by atoms with van der Waals surface area (Å²) in [6, 6.07) is 10.6. The summed E-state index contributed by atoms with van der Waals surface area (Å²) in [5, 5.41) is 0. The number of unbranched alkanes of at least 4 members (excludes halogenated alkanes) is 2. The molecule has 1 aromatic carbocycles. The van der Waals surface area contributed by atoms with Gasteiger partial charge in [0.15, 0.2) is 0 Å². The van der Waals surface area contributed by atoms with Gasteiger partial charge in [0.05, 0.1) is 0 Å². The Morgan fingerprint density at radius 3 is 2.26 bits per heavy atom. The van der Waals surface area contributed by atoms with Crippen LogP contribution in [0.3, 0.4) is 0 Å². The maximum atomic E-state index is 6.53. The molecule has 3 heteroatoms. The topological polar surface area (TPSA) is 18.5 Å². The molecule has 0 N–H and O–H groups in total. The first-order valence-corrected chi connectivity index (χ1v) is 14.0. The number of rotatable bonds is 7. The van der Waals surface area contributed by atoms with Crippen molar-refractivity contribution in [3.05, 3.63) is 35.9 Å². The Balaban J connectivity index is 2.01. The minimum atomic E-state index is -2.74. The molecule has 1 unspecified atom stereocenters. The van der Waals surface area contributed by atoms with Crippen molar-refractivity contribution in [2.75, 3.05) is 6.61 Å². The average molecular weight is 369 g/mol. The van der Waals surface area contributed by atoms with Crippen molar-refractivity contribution in [2.24, 2.45) is 0 Å². The SMILES string of the molecule is CCC[CH2][Sn]1([CH2]CCC)[O]CC(c2ccccc2)[O]1. The molecular formula is C16H26O2Sn. The van der Waals surface area contributed by atoms with Gasteiger partial charge < -0.3 is 0 Å². The van der Waals surface area contributed by atoms with Gasteiger partial charge >= 0.3 is 122 Å². The van der Waals surface area contributed by atoms with Crippen LogP contribution in [0.5, 0.6) is 0 Å². The molecule has 0 amide bonds. The molecule has 2 rings (SSSR count). The number of hydrogen-bond acceptors (Lipinski definition) is 2. The molecule has 1 atom stereocenters. The Morgan fingerprint density at radius 2 is 1.68 bits per heavy atom. The van der Waals surface area contributed by atoms with Gasteiger partial charge in [-0.15, -0.1) is 0 Å². The van der Waals surface area contributed by atoms with Gasteiger partial charge in [-0.1, -0.05) is 0 Å². The molecule has 0 saturated carbocycles. The molecule has 19 heavy (non-hydrogen) atoms. The van der Waals surface area contributed by atoms with E-state index in [1.807, 2.05) is 0 Å². The molecule has 0 radical (unpaired) electrons. The van der Waals surface area contributed by atoms with Crippen molar-refractivity contribution in [1.82, 2.24) is 0 Å². The third-order valence-electron chi connectivity index (χ3n) is 3.85. The van der Waals surface area contributed by atoms with Crippen LogP contribution in [0.2, 0.25) is 8.87 Å². The molecule has 1 aromatic rings. The Labute approximate surface area is 122 Å². The van der Waals surface area contributed by atoms with Gasteiger partial charge in [0.2, 0.25) is 0 Å². The Kier molecular flexibility index (Phi) is 6.17. The van der Waals surface area contributed by atoms with Crippen LogP contribution in [0.25, 0.3) is 0 Å². The zero-order valence-corrected chi connectivity index (χ0v) is 15.1. The first kappa shape index (κ1) is 15.3. The van der Waals surface area contributed by atoms with E-state index in [-0.39, 0.29) is 6.10 Å². The van der Waals surface area contributed by atoms with Gasteiger partial charge in [-0.3, -0.25) is 0 Å². The zero-order valence-electron chi connectivity index (χ0n) is 12.2. The van der Waals surface area contributed by atoms with Gasteiger partial charge in [0.25, 0.3) is 0 Å². The van der Waals surface area contributed by atoms with Crippen molar-refractivity contribution in [1.29, 1.82) is 0 Å². The maximum absolute atomic E-state index is 6.53. The predicted octanol–water partition coefficient (Wildman–Crippen LogP) is 4.82. The van der Waals surface area contributed by atoms with Crippen LogP contribution in [-0.4, -0.2) is 25.8 Å². The molecule has 1 fully saturated rings. The molecular weight excluding hydrogens is 343 g/mol. The molecule has 1 aliphatic heterocycles. The summed E-state index contributed by atoms with van der Waals surface area (Å²) in [7, 11) is 0. The summed E-state index contributed by atoms with van der Waals surface area (Å²) in [5.41, 5.74) is 1.29. The fourth-order valence-electron chi connectivity index (χ4n) is 2.67. The summed E-state index contributed by atoms with van der Waals surface area (Å²) >= 11 is -2.74. The quantitative estimate of drug-likeness (QED) is 0.642. The van der Waals surface area contributed by atoms with Crippen molar-refractivity contribution in [2.45, 2.75) is 54.5 Å². The average Bonchev–Trinajstić information content (AvgIpc) is 2.89. The summed E-state index contributed by atoms with van der Waals surface area (Å²) in [6.07, 6.45) is 5.22. The van der Waals surface area contributed by atoms with Crippen LogP contribution in [0.15, 0.2) is 30.3 Å². The van der Waals surface area contributed by atoms with Crippen molar-refractivity contribution in [3.63, 3.8) is 0 Å². The summed E-state index contributed by atoms with van der Waals surface area (Å²) < 4.78 is 15.3. The van der Waals surface area contributed by atoms with E-state index >= 15 is 0 Å². The normalized spacial score (nSPS) is 21.7. The Bertz CT molecular complexity index is 358. The van der Waals surface area contributed by atoms with Crippen LogP contribution in [0.1, 0.15) is 51.2 Å². The Hall–Kier alpha value is -0.0613. The van der Waals surface area contributed by atoms with Crippen molar-refractivity contribution in [3.8, 4) is 0 Å². The van der Waals surface area contributed by atoms with Gasteiger partial charge in [-0.05, 0) is 0 Å². The standard InChI is InChI=1S/C8H8O2.2C4H9.Sn/c9-6-8(10)7-4-2-1-3-5-7;2*1-3-4-2;/h1-5,8H,6H2;2*1,3-4H2,2H3;/q-2;;;+2. The van der Waals surface area contributed by atoms with E-state index in [0.717, 1.165) is 6.61 Å². The second-order valence-corrected chi connectivity index (χ2v) is 15.0. The molecule has 1 saturated heterocycles. The third kappa shape index (κ3) is 4.20. The van der Waals surface area contributed by atoms with E-state index in [0.29, 0.717) is 0 Å². The molecule has 2 nitrogen and oxygen atoms in total. The monoisotopic (exact) mass is 370 g/mol. The van der Waals surface area contributed by atoms with E-state index in [9.17, 15) is 0 Å². The van der Waals surface area contributed by atoms with Gasteiger partial charge in [-0.2, -0.15) is 0 Å². The fourth-order valence-corrected chi connectivity index (χ4v) is 13.5. The van der Waals surface area contributed by atoms with Crippen LogP contribution in [-0.2, 0) is 6.15 Å². The molecule has 106 valence electrons. The van der Waals surface area contributed by atoms with Crippen molar-refractivity contribution >= 4 is 19.2 Å². The summed E-state index contributed by atoms with van der Waals surface area (Å²) in [5.74, 6) is 0. The van der Waals surface area contributed by atoms with E-state index < -0.39 is 19.2 Å². The van der Waals surface area contributed by atoms with Crippen LogP contribution in [0, 0.1) is 0 Å². The minimum absolute atomic E-state index is 0.200. The molecule has 0 aromatic heterocycles. The molecule has 0 spiro atoms. The second kappa shape index (κ2) is 7.65. The van der Waals surface area contributed by atoms with Crippen molar-refractivity contribution < 1.29 is 6.15 Å². The first-order chi connectivity index (χ1) is 9.29. The fraction of sp³-hybridized carbons (Fsp3) is 0.625. The van der Waals surface area contributed by atoms with E-state index in [1.165, 1.54) is 40.1 Å². The number of hydrogen-bond donors (Lipinski definition) is 0. The number of benzene rings is 1. The summed E-state index contributed by atoms with van der Waals surface area (Å²) in [4.78, 5) is 0. The third-order valence-corrected chi connectivity index (χ3v) is 14.2. The van der Waals surface area contributed by atoms with Crippen LogP contribution < -0.4 is 0 Å². The van der Waals surface area contributed by atoms with Crippen LogP contribution >= 0.6 is 0 Å². The molecule has 0 bridgehead atoms. The van der Waals surface area contributed by atoms with Gasteiger partial charge in [0.1, 0.15) is 0 Å². The molecule has 0 aliphatic carbocycles. The molecule has 1 aliphatic rings. The second-order valence-electron chi connectivity index (χ2n) is 5.45. The first-order valence-electron chi connectivity index (χ1n) is 7.66. The van der Waals surface area contributed by atoms with Crippen LogP contribution in [0.4, 0.5) is 0 Å². The van der Waals surface area contributed by atoms with E-state index in [4.69, 9.17) is 6.15 Å². The van der Waals surface area contributed by atoms with Gasteiger partial charge in [-0.25, -0.2) is 0 Å². The van der Waals surface area contributed by atoms with Gasteiger partial charge in [0, 0.05) is 0 Å². The predicted molar refractivity (Wildman–Crippen MR) is 81.4 cm³/mol. The van der Waals surface area contributed by atoms with E-state index in [1.54, 1.807) is 0 Å². The Morgan fingerprint density at radius 1 is 1.05 bits per heavy atom. The zero-order chi connectivity index (χ0) is 13.6. The van der Waals surface area contributed by atoms with E-state index in [2.05, 4.69) is 44.2 Å². The summed E-state index contributed by atoms with van der Waals surface area (Å²) in [6.45, 7) is 5.29. The molecule has 1 heterocycles.